The number of hydrogen-bond acceptors (Lipinski definition) is 4. The topological polar surface area (TPSA) is 70.6 Å². The van der Waals surface area contributed by atoms with Gasteiger partial charge in [0.25, 0.3) is 0 Å². The maximum Gasteiger partial charge on any atom is 0.218 e. The van der Waals surface area contributed by atoms with Crippen molar-refractivity contribution in [2.75, 3.05) is 14.2 Å². The highest BCUT2D eigenvalue weighted by Crippen LogP contribution is 2.21. The first-order valence-electron chi connectivity index (χ1n) is 4.90. The van der Waals surface area contributed by atoms with E-state index in [1.807, 2.05) is 0 Å². The van der Waals surface area contributed by atoms with Gasteiger partial charge in [0.15, 0.2) is 0 Å². The molecule has 15 heavy (non-hydrogen) atoms. The molecular formula is C10H22N2O3. The van der Waals surface area contributed by atoms with Gasteiger partial charge in [0.05, 0.1) is 5.60 Å². The highest BCUT2D eigenvalue weighted by molar-refractivity contribution is 5.73. The van der Waals surface area contributed by atoms with Gasteiger partial charge in [-0.15, -0.1) is 0 Å². The Bertz CT molecular complexity index is 225. The number of carbonyl (C=O) groups is 1. The normalized spacial score (nSPS) is 18.1. The van der Waals surface area contributed by atoms with Gasteiger partial charge >= 0.3 is 0 Å². The van der Waals surface area contributed by atoms with Crippen LogP contribution >= 0.6 is 0 Å². The molecule has 2 unspecified atom stereocenters. The van der Waals surface area contributed by atoms with E-state index in [0.29, 0.717) is 0 Å². The number of amides is 1. The Balaban J connectivity index is 4.96. The van der Waals surface area contributed by atoms with E-state index >= 15 is 0 Å². The van der Waals surface area contributed by atoms with Gasteiger partial charge < -0.3 is 15.2 Å². The molecular weight excluding hydrogens is 196 g/mol. The smallest absolute Gasteiger partial charge is 0.218 e. The average Bonchev–Trinajstić information content (AvgIpc) is 2.01. The third-order valence-corrected chi connectivity index (χ3v) is 2.36. The van der Waals surface area contributed by atoms with Gasteiger partial charge in [0, 0.05) is 14.0 Å². The van der Waals surface area contributed by atoms with Crippen LogP contribution in [0.3, 0.4) is 0 Å². The standard InChI is InChI=1S/C10H22N2O3/c1-7(13)12-10(4,11-5)8(15-6)9(2,3)14/h8,11,14H,1-6H3,(H,12,13). The molecule has 0 aliphatic heterocycles. The number of ether oxygens (including phenoxy) is 1. The van der Waals surface area contributed by atoms with Crippen LogP contribution in [0.4, 0.5) is 0 Å². The zero-order valence-corrected chi connectivity index (χ0v) is 10.3. The lowest BCUT2D eigenvalue weighted by molar-refractivity contribution is -0.135. The second-order valence-corrected chi connectivity index (χ2v) is 4.40. The molecule has 1 amide bonds. The molecule has 0 aromatic carbocycles. The van der Waals surface area contributed by atoms with Crippen LogP contribution in [-0.2, 0) is 9.53 Å². The fourth-order valence-electron chi connectivity index (χ4n) is 1.86. The molecule has 0 radical (unpaired) electrons. The lowest BCUT2D eigenvalue weighted by Gasteiger charge is -2.42. The number of nitrogens with one attached hydrogen (secondary N) is 2. The van der Waals surface area contributed by atoms with Crippen molar-refractivity contribution in [1.29, 1.82) is 0 Å². The Hall–Kier alpha value is -0.650. The van der Waals surface area contributed by atoms with Crippen LogP contribution in [0.15, 0.2) is 0 Å². The molecule has 5 nitrogen and oxygen atoms in total. The number of rotatable bonds is 5. The Morgan fingerprint density at radius 1 is 1.40 bits per heavy atom. The molecule has 0 saturated heterocycles. The Kier molecular flexibility index (Phi) is 4.70. The van der Waals surface area contributed by atoms with Gasteiger partial charge in [-0.25, -0.2) is 0 Å². The highest BCUT2D eigenvalue weighted by atomic mass is 16.5. The summed E-state index contributed by atoms with van der Waals surface area (Å²) in [6.45, 7) is 6.46. The number of hydrogen-bond donors (Lipinski definition) is 3. The van der Waals surface area contributed by atoms with Crippen LogP contribution < -0.4 is 10.6 Å². The third kappa shape index (κ3) is 3.77. The summed E-state index contributed by atoms with van der Waals surface area (Å²) in [5.41, 5.74) is -1.87. The van der Waals surface area contributed by atoms with Crippen molar-refractivity contribution in [2.45, 2.75) is 45.1 Å². The van der Waals surface area contributed by atoms with Crippen LogP contribution in [0.5, 0.6) is 0 Å². The van der Waals surface area contributed by atoms with Crippen molar-refractivity contribution in [3.05, 3.63) is 0 Å². The largest absolute Gasteiger partial charge is 0.388 e. The van der Waals surface area contributed by atoms with Crippen LogP contribution in [-0.4, -0.2) is 42.5 Å². The van der Waals surface area contributed by atoms with E-state index in [0.717, 1.165) is 0 Å². The molecule has 0 spiro atoms. The summed E-state index contributed by atoms with van der Waals surface area (Å²) in [6, 6.07) is 0. The van der Waals surface area contributed by atoms with Gasteiger partial charge in [0.1, 0.15) is 11.8 Å². The summed E-state index contributed by atoms with van der Waals surface area (Å²) >= 11 is 0. The SMILES string of the molecule is CNC(C)(NC(C)=O)C(OC)C(C)(C)O. The minimum Gasteiger partial charge on any atom is -0.388 e. The van der Waals surface area contributed by atoms with E-state index in [1.54, 1.807) is 27.8 Å². The fraction of sp³-hybridized carbons (Fsp3) is 0.900. The first-order valence-corrected chi connectivity index (χ1v) is 4.90. The lowest BCUT2D eigenvalue weighted by Crippen LogP contribution is -2.68. The molecule has 0 aromatic heterocycles. The van der Waals surface area contributed by atoms with E-state index in [9.17, 15) is 9.90 Å². The second-order valence-electron chi connectivity index (χ2n) is 4.40. The summed E-state index contributed by atoms with van der Waals surface area (Å²) in [5, 5.41) is 15.6. The van der Waals surface area contributed by atoms with Crippen LogP contribution in [0.1, 0.15) is 27.7 Å². The lowest BCUT2D eigenvalue weighted by atomic mass is 9.90. The van der Waals surface area contributed by atoms with E-state index in [-0.39, 0.29) is 5.91 Å². The van der Waals surface area contributed by atoms with Crippen molar-refractivity contribution >= 4 is 5.91 Å². The maximum absolute atomic E-state index is 11.1. The van der Waals surface area contributed by atoms with Crippen LogP contribution in [0.2, 0.25) is 0 Å². The molecule has 0 rings (SSSR count). The van der Waals surface area contributed by atoms with Crippen molar-refractivity contribution in [3.63, 3.8) is 0 Å². The molecule has 2 atom stereocenters. The van der Waals surface area contributed by atoms with Crippen molar-refractivity contribution in [2.24, 2.45) is 0 Å². The monoisotopic (exact) mass is 218 g/mol. The molecule has 5 heteroatoms. The van der Waals surface area contributed by atoms with Gasteiger partial charge in [-0.05, 0) is 27.8 Å². The maximum atomic E-state index is 11.1. The number of methoxy groups -OCH3 is 1. The summed E-state index contributed by atoms with van der Waals surface area (Å²) in [6.07, 6.45) is -0.557. The minimum absolute atomic E-state index is 0.182. The Labute approximate surface area is 91.2 Å². The molecule has 90 valence electrons. The van der Waals surface area contributed by atoms with Crippen LogP contribution in [0, 0.1) is 0 Å². The van der Waals surface area contributed by atoms with Crippen LogP contribution in [0.25, 0.3) is 0 Å². The fourth-order valence-corrected chi connectivity index (χ4v) is 1.86. The molecule has 3 N–H and O–H groups in total. The minimum atomic E-state index is -1.06. The van der Waals surface area contributed by atoms with Gasteiger partial charge in [0.2, 0.25) is 5.91 Å². The van der Waals surface area contributed by atoms with Crippen molar-refractivity contribution in [3.8, 4) is 0 Å². The quantitative estimate of drug-likeness (QED) is 0.561. The van der Waals surface area contributed by atoms with Gasteiger partial charge in [-0.1, -0.05) is 0 Å². The molecule has 0 aliphatic carbocycles. The number of carbonyl (C=O) groups excluding carboxylic acids is 1. The van der Waals surface area contributed by atoms with Gasteiger partial charge in [-0.3, -0.25) is 10.1 Å². The predicted octanol–water partition coefficient (Wildman–Crippen LogP) is -0.156. The zero-order chi connectivity index (χ0) is 12.3. The molecule has 0 aliphatic rings. The van der Waals surface area contributed by atoms with E-state index in [1.165, 1.54) is 14.0 Å². The Morgan fingerprint density at radius 3 is 2.07 bits per heavy atom. The molecule has 0 fully saturated rings. The Morgan fingerprint density at radius 2 is 1.87 bits per heavy atom. The second kappa shape index (κ2) is 4.92. The number of likely N-dealkylation sites (N-methyl/N-ethyl adjacent to an activating group) is 1. The first kappa shape index (κ1) is 14.3. The summed E-state index contributed by atoms with van der Waals surface area (Å²) in [7, 11) is 3.20. The highest BCUT2D eigenvalue weighted by Gasteiger charge is 2.43. The summed E-state index contributed by atoms with van der Waals surface area (Å²) in [4.78, 5) is 11.1. The summed E-state index contributed by atoms with van der Waals surface area (Å²) in [5.74, 6) is -0.182. The van der Waals surface area contributed by atoms with E-state index < -0.39 is 17.4 Å². The molecule has 0 heterocycles. The third-order valence-electron chi connectivity index (χ3n) is 2.36. The average molecular weight is 218 g/mol. The molecule has 0 bridgehead atoms. The summed E-state index contributed by atoms with van der Waals surface area (Å²) < 4.78 is 5.24. The van der Waals surface area contributed by atoms with E-state index in [2.05, 4.69) is 10.6 Å². The number of aliphatic hydroxyl groups is 1. The first-order chi connectivity index (χ1) is 6.67. The van der Waals surface area contributed by atoms with E-state index in [4.69, 9.17) is 4.74 Å². The zero-order valence-electron chi connectivity index (χ0n) is 10.3. The van der Waals surface area contributed by atoms with Gasteiger partial charge in [-0.2, -0.15) is 0 Å². The molecule has 0 aromatic rings. The van der Waals surface area contributed by atoms with Crippen molar-refractivity contribution < 1.29 is 14.6 Å². The molecule has 0 saturated carbocycles. The van der Waals surface area contributed by atoms with Crippen molar-refractivity contribution in [1.82, 2.24) is 10.6 Å². The predicted molar refractivity (Wildman–Crippen MR) is 58.4 cm³/mol.